The summed E-state index contributed by atoms with van der Waals surface area (Å²) in [5.41, 5.74) is 2.97. The second-order valence-corrected chi connectivity index (χ2v) is 5.86. The minimum absolute atomic E-state index is 0.449. The highest BCUT2D eigenvalue weighted by atomic mass is 16.5. The van der Waals surface area contributed by atoms with Crippen molar-refractivity contribution in [3.05, 3.63) is 90.0 Å². The Labute approximate surface area is 159 Å². The summed E-state index contributed by atoms with van der Waals surface area (Å²) in [7, 11) is 1.75. The van der Waals surface area contributed by atoms with E-state index < -0.39 is 0 Å². The second-order valence-electron chi connectivity index (χ2n) is 5.86. The van der Waals surface area contributed by atoms with Crippen molar-refractivity contribution in [2.45, 2.75) is 19.7 Å². The summed E-state index contributed by atoms with van der Waals surface area (Å²) in [4.78, 5) is 12.8. The van der Waals surface area contributed by atoms with Crippen LogP contribution in [0.25, 0.3) is 0 Å². The Balaban J connectivity index is 1.49. The first-order chi connectivity index (χ1) is 13.3. The molecule has 27 heavy (non-hydrogen) atoms. The fourth-order valence-electron chi connectivity index (χ4n) is 2.47. The number of pyridine rings is 2. The number of benzene rings is 1. The summed E-state index contributed by atoms with van der Waals surface area (Å²) in [6.07, 6.45) is 3.55. The fourth-order valence-corrected chi connectivity index (χ4v) is 2.47. The van der Waals surface area contributed by atoms with Crippen LogP contribution in [0.4, 0.5) is 0 Å². The first-order valence-corrected chi connectivity index (χ1v) is 8.79. The summed E-state index contributed by atoms with van der Waals surface area (Å²) in [5.74, 6) is 1.54. The van der Waals surface area contributed by atoms with Crippen molar-refractivity contribution in [1.29, 1.82) is 0 Å². The van der Waals surface area contributed by atoms with Crippen molar-refractivity contribution in [3.63, 3.8) is 0 Å². The minimum atomic E-state index is 0.449. The Morgan fingerprint density at radius 2 is 1.63 bits per heavy atom. The van der Waals surface area contributed by atoms with E-state index in [1.807, 2.05) is 60.7 Å². The van der Waals surface area contributed by atoms with Gasteiger partial charge < -0.3 is 15.4 Å². The quantitative estimate of drug-likeness (QED) is 0.500. The van der Waals surface area contributed by atoms with E-state index in [4.69, 9.17) is 4.74 Å². The number of aliphatic imine (C=N–C) groups is 1. The van der Waals surface area contributed by atoms with Crippen LogP contribution in [0.15, 0.2) is 78.0 Å². The predicted molar refractivity (Wildman–Crippen MR) is 106 cm³/mol. The molecule has 2 aromatic heterocycles. The molecule has 3 rings (SSSR count). The zero-order valence-corrected chi connectivity index (χ0v) is 15.3. The maximum Gasteiger partial charge on any atom is 0.191 e. The van der Waals surface area contributed by atoms with Crippen LogP contribution in [0.5, 0.6) is 5.75 Å². The lowest BCUT2D eigenvalue weighted by molar-refractivity contribution is 0.301. The molecule has 0 atom stereocenters. The van der Waals surface area contributed by atoms with Crippen LogP contribution < -0.4 is 15.4 Å². The van der Waals surface area contributed by atoms with Gasteiger partial charge in [-0.2, -0.15) is 0 Å². The number of nitrogens with zero attached hydrogens (tertiary/aromatic N) is 3. The fraction of sp³-hybridized carbons (Fsp3) is 0.190. The molecule has 0 bridgehead atoms. The van der Waals surface area contributed by atoms with E-state index in [1.165, 1.54) is 0 Å². The maximum absolute atomic E-state index is 5.83. The van der Waals surface area contributed by atoms with Crippen LogP contribution in [0.1, 0.15) is 17.0 Å². The molecule has 0 amide bonds. The van der Waals surface area contributed by atoms with Gasteiger partial charge >= 0.3 is 0 Å². The van der Waals surface area contributed by atoms with Gasteiger partial charge in [0, 0.05) is 26.0 Å². The largest absolute Gasteiger partial charge is 0.487 e. The average Bonchev–Trinajstić information content (AvgIpc) is 2.74. The summed E-state index contributed by atoms with van der Waals surface area (Å²) in [6.45, 7) is 1.71. The third-order valence-corrected chi connectivity index (χ3v) is 3.86. The number of ether oxygens (including phenoxy) is 1. The van der Waals surface area contributed by atoms with E-state index in [1.54, 1.807) is 19.4 Å². The summed E-state index contributed by atoms with van der Waals surface area (Å²) < 4.78 is 5.83. The van der Waals surface area contributed by atoms with Crippen molar-refractivity contribution < 1.29 is 4.74 Å². The average molecular weight is 361 g/mol. The summed E-state index contributed by atoms with van der Waals surface area (Å²) in [6, 6.07) is 19.6. The Morgan fingerprint density at radius 1 is 0.889 bits per heavy atom. The SMILES string of the molecule is CN=C(NCc1cccc(OCc2ccccn2)c1)NCc1ccccn1. The van der Waals surface area contributed by atoms with E-state index in [2.05, 4.69) is 25.6 Å². The highest BCUT2D eigenvalue weighted by molar-refractivity contribution is 5.79. The molecule has 1 aromatic carbocycles. The Kier molecular flexibility index (Phi) is 6.75. The molecule has 0 aliphatic heterocycles. The molecule has 0 aliphatic carbocycles. The molecule has 2 heterocycles. The van der Waals surface area contributed by atoms with Gasteiger partial charge in [-0.05, 0) is 42.0 Å². The van der Waals surface area contributed by atoms with Crippen LogP contribution in [0, 0.1) is 0 Å². The molecule has 138 valence electrons. The molecule has 0 aliphatic rings. The lowest BCUT2D eigenvalue weighted by Gasteiger charge is -2.12. The normalized spacial score (nSPS) is 11.1. The van der Waals surface area contributed by atoms with Crippen molar-refractivity contribution >= 4 is 5.96 Å². The molecule has 0 saturated carbocycles. The summed E-state index contributed by atoms with van der Waals surface area (Å²) >= 11 is 0. The Hall–Kier alpha value is -3.41. The van der Waals surface area contributed by atoms with Gasteiger partial charge in [0.1, 0.15) is 12.4 Å². The number of nitrogens with one attached hydrogen (secondary N) is 2. The molecule has 0 radical (unpaired) electrons. The van der Waals surface area contributed by atoms with E-state index >= 15 is 0 Å². The topological polar surface area (TPSA) is 71.4 Å². The van der Waals surface area contributed by atoms with E-state index in [-0.39, 0.29) is 0 Å². The van der Waals surface area contributed by atoms with Crippen molar-refractivity contribution in [1.82, 2.24) is 20.6 Å². The molecular weight excluding hydrogens is 338 g/mol. The first kappa shape index (κ1) is 18.4. The molecule has 6 heteroatoms. The second kappa shape index (κ2) is 9.91. The van der Waals surface area contributed by atoms with Gasteiger partial charge in [-0.25, -0.2) is 0 Å². The summed E-state index contributed by atoms with van der Waals surface area (Å²) in [5, 5.41) is 6.55. The third-order valence-electron chi connectivity index (χ3n) is 3.86. The van der Waals surface area contributed by atoms with Crippen molar-refractivity contribution in [3.8, 4) is 5.75 Å². The van der Waals surface area contributed by atoms with E-state index in [0.717, 1.165) is 28.7 Å². The number of rotatable bonds is 7. The molecule has 0 unspecified atom stereocenters. The standard InChI is InChI=1S/C21H23N5O/c1-22-21(26-15-18-8-2-4-11-23-18)25-14-17-7-6-10-20(13-17)27-16-19-9-3-5-12-24-19/h2-13H,14-16H2,1H3,(H2,22,25,26). The predicted octanol–water partition coefficient (Wildman–Crippen LogP) is 2.92. The Bertz CT molecular complexity index is 853. The van der Waals surface area contributed by atoms with E-state index in [9.17, 15) is 0 Å². The monoisotopic (exact) mass is 361 g/mol. The van der Waals surface area contributed by atoms with Gasteiger partial charge in [-0.1, -0.05) is 24.3 Å². The first-order valence-electron chi connectivity index (χ1n) is 8.79. The number of hydrogen-bond acceptors (Lipinski definition) is 4. The molecule has 0 spiro atoms. The molecule has 2 N–H and O–H groups in total. The highest BCUT2D eigenvalue weighted by Gasteiger charge is 2.02. The Morgan fingerprint density at radius 3 is 2.33 bits per heavy atom. The van der Waals surface area contributed by atoms with Crippen molar-refractivity contribution in [2.75, 3.05) is 7.05 Å². The van der Waals surface area contributed by atoms with Gasteiger partial charge in [0.15, 0.2) is 5.96 Å². The number of aromatic nitrogens is 2. The zero-order valence-electron chi connectivity index (χ0n) is 15.3. The smallest absolute Gasteiger partial charge is 0.191 e. The van der Waals surface area contributed by atoms with Crippen LogP contribution >= 0.6 is 0 Å². The van der Waals surface area contributed by atoms with Crippen LogP contribution in [0.3, 0.4) is 0 Å². The van der Waals surface area contributed by atoms with Gasteiger partial charge in [0.2, 0.25) is 0 Å². The maximum atomic E-state index is 5.83. The number of guanidine groups is 1. The molecule has 0 fully saturated rings. The van der Waals surface area contributed by atoms with Gasteiger partial charge in [0.25, 0.3) is 0 Å². The lowest BCUT2D eigenvalue weighted by atomic mass is 10.2. The molecule has 3 aromatic rings. The van der Waals surface area contributed by atoms with Crippen LogP contribution in [-0.2, 0) is 19.7 Å². The molecular formula is C21H23N5O. The van der Waals surface area contributed by atoms with Gasteiger partial charge in [-0.3, -0.25) is 15.0 Å². The van der Waals surface area contributed by atoms with Crippen LogP contribution in [-0.4, -0.2) is 23.0 Å². The minimum Gasteiger partial charge on any atom is -0.487 e. The molecule has 0 saturated heterocycles. The highest BCUT2D eigenvalue weighted by Crippen LogP contribution is 2.14. The van der Waals surface area contributed by atoms with Gasteiger partial charge in [0.05, 0.1) is 17.9 Å². The molecule has 6 nitrogen and oxygen atoms in total. The number of hydrogen-bond donors (Lipinski definition) is 2. The van der Waals surface area contributed by atoms with Gasteiger partial charge in [-0.15, -0.1) is 0 Å². The third kappa shape index (κ3) is 6.11. The van der Waals surface area contributed by atoms with E-state index in [0.29, 0.717) is 19.7 Å². The van der Waals surface area contributed by atoms with Crippen LogP contribution in [0.2, 0.25) is 0 Å². The lowest BCUT2D eigenvalue weighted by Crippen LogP contribution is -2.36. The zero-order chi connectivity index (χ0) is 18.7. The van der Waals surface area contributed by atoms with Crippen molar-refractivity contribution in [2.24, 2.45) is 4.99 Å².